The van der Waals surface area contributed by atoms with Crippen molar-refractivity contribution in [2.24, 2.45) is 0 Å². The van der Waals surface area contributed by atoms with Crippen LogP contribution in [0.25, 0.3) is 0 Å². The Kier molecular flexibility index (Phi) is 16.3. The first-order valence-electron chi connectivity index (χ1n) is 2.71. The zero-order chi connectivity index (χ0) is 10.2. The molecule has 78 valence electrons. The van der Waals surface area contributed by atoms with Gasteiger partial charge in [0.15, 0.2) is 6.66 Å². The Hall–Kier alpha value is 0.844. The molecule has 7 nitrogen and oxygen atoms in total. The summed E-state index contributed by atoms with van der Waals surface area (Å²) in [7, 11) is -6.71. The Labute approximate surface area is 91.1 Å². The molecule has 0 aromatic rings. The van der Waals surface area contributed by atoms with Crippen molar-refractivity contribution in [3.63, 3.8) is 0 Å². The maximum absolute atomic E-state index is 9.89. The molecule has 13 heavy (non-hydrogen) atoms. The molecule has 0 fully saturated rings. The summed E-state index contributed by atoms with van der Waals surface area (Å²) in [5, 5.41) is 15.2. The van der Waals surface area contributed by atoms with E-state index in [-0.39, 0.29) is 34.9 Å². The fraction of sp³-hybridized carbons (Fsp3) is 1.00. The molecule has 0 aliphatic carbocycles. The molecule has 0 amide bonds. The van der Waals surface area contributed by atoms with Crippen LogP contribution in [0.5, 0.6) is 0 Å². The van der Waals surface area contributed by atoms with E-state index in [9.17, 15) is 9.13 Å². The molecule has 0 saturated heterocycles. The van der Waals surface area contributed by atoms with Gasteiger partial charge in [-0.1, -0.05) is 0 Å². The maximum Gasteiger partial charge on any atom is 0.515 e. The van der Waals surface area contributed by atoms with Crippen LogP contribution in [0.15, 0.2) is 0 Å². The minimum Gasteiger partial charge on any atom is -0.394 e. The summed E-state index contributed by atoms with van der Waals surface area (Å²) in [5.41, 5.74) is 0. The second-order valence-electron chi connectivity index (χ2n) is 1.46. The molecule has 0 bridgehead atoms. The van der Waals surface area contributed by atoms with E-state index in [0.29, 0.717) is 0 Å². The van der Waals surface area contributed by atoms with E-state index in [0.717, 1.165) is 6.66 Å². The zero-order valence-corrected chi connectivity index (χ0v) is 10.2. The van der Waals surface area contributed by atoms with Crippen molar-refractivity contribution < 1.29 is 55.2 Å². The second kappa shape index (κ2) is 10.9. The van der Waals surface area contributed by atoms with Gasteiger partial charge in [0.25, 0.3) is 0 Å². The normalized spacial score (nSPS) is 10.7. The number of phosphoric acid groups is 1. The Bertz CT molecular complexity index is 165. The molecule has 4 N–H and O–H groups in total. The largest absolute Gasteiger partial charge is 0.515 e. The van der Waals surface area contributed by atoms with Crippen LogP contribution in [-0.4, -0.2) is 39.9 Å². The number of hydrogen-bond donors (Lipinski definition) is 4. The van der Waals surface area contributed by atoms with Crippen molar-refractivity contribution in [1.29, 1.82) is 0 Å². The molecule has 1 atom stereocenters. The summed E-state index contributed by atoms with van der Waals surface area (Å²) in [6.45, 7) is 0.814. The SMILES string of the molecule is C[P+](=O)OP(=O)(O)O.OCCO.[Ti]. The van der Waals surface area contributed by atoms with Crippen molar-refractivity contribution >= 4 is 15.9 Å². The molecule has 0 aliphatic heterocycles. The van der Waals surface area contributed by atoms with Crippen LogP contribution >= 0.6 is 15.9 Å². The van der Waals surface area contributed by atoms with E-state index in [2.05, 4.69) is 4.31 Å². The number of aliphatic hydroxyl groups is 2. The average molecular weight is 269 g/mol. The monoisotopic (exact) mass is 269 g/mol. The van der Waals surface area contributed by atoms with E-state index < -0.39 is 15.9 Å². The van der Waals surface area contributed by atoms with Crippen LogP contribution in [0.4, 0.5) is 0 Å². The molecule has 0 heterocycles. The van der Waals surface area contributed by atoms with Gasteiger partial charge in [-0.3, -0.25) is 0 Å². The van der Waals surface area contributed by atoms with E-state index >= 15 is 0 Å². The Balaban J connectivity index is -0.000000173. The minimum atomic E-state index is -4.51. The Morgan fingerprint density at radius 3 is 1.62 bits per heavy atom. The van der Waals surface area contributed by atoms with Crippen LogP contribution < -0.4 is 0 Å². The van der Waals surface area contributed by atoms with Gasteiger partial charge in [0, 0.05) is 21.7 Å². The third-order valence-electron chi connectivity index (χ3n) is 0.321. The summed E-state index contributed by atoms with van der Waals surface area (Å²) >= 11 is 0. The van der Waals surface area contributed by atoms with Crippen LogP contribution in [0, 0.1) is 0 Å². The zero-order valence-electron chi connectivity index (χ0n) is 6.82. The molecule has 0 aromatic heterocycles. The van der Waals surface area contributed by atoms with Gasteiger partial charge in [0.05, 0.1) is 13.2 Å². The molecular weight excluding hydrogens is 258 g/mol. The molecule has 10 heteroatoms. The molecule has 0 aliphatic rings. The minimum absolute atomic E-state index is 0. The van der Waals surface area contributed by atoms with Crippen molar-refractivity contribution in [1.82, 2.24) is 0 Å². The quantitative estimate of drug-likeness (QED) is 0.399. The standard InChI is InChI=1S/C2H6O2.CH4O5P2.Ti/c3-1-2-4;1-7(2)6-8(3,4)5;/h3-4H,1-2H2;1H3,(H-,3,4,5);/p+1. The van der Waals surface area contributed by atoms with Gasteiger partial charge >= 0.3 is 15.9 Å². The van der Waals surface area contributed by atoms with Gasteiger partial charge < -0.3 is 20.0 Å². The van der Waals surface area contributed by atoms with Gasteiger partial charge in [0.1, 0.15) is 0 Å². The van der Waals surface area contributed by atoms with E-state index in [1.807, 2.05) is 0 Å². The number of aliphatic hydroxyl groups excluding tert-OH is 2. The number of hydrogen-bond acceptors (Lipinski definition) is 5. The van der Waals surface area contributed by atoms with E-state index in [1.54, 1.807) is 0 Å². The van der Waals surface area contributed by atoms with Gasteiger partial charge in [-0.25, -0.2) is 4.57 Å². The van der Waals surface area contributed by atoms with E-state index in [4.69, 9.17) is 20.0 Å². The molecule has 0 rings (SSSR count). The van der Waals surface area contributed by atoms with Crippen molar-refractivity contribution in [2.45, 2.75) is 0 Å². The molecule has 1 unspecified atom stereocenters. The number of rotatable bonds is 3. The fourth-order valence-electron chi connectivity index (χ4n) is 0.150. The van der Waals surface area contributed by atoms with Gasteiger partial charge in [-0.15, -0.1) is 0 Å². The average Bonchev–Trinajstić information content (AvgIpc) is 1.83. The van der Waals surface area contributed by atoms with Crippen LogP contribution in [-0.2, 0) is 35.2 Å². The first kappa shape index (κ1) is 19.4. The van der Waals surface area contributed by atoms with Crippen molar-refractivity contribution in [3.05, 3.63) is 0 Å². The van der Waals surface area contributed by atoms with Gasteiger partial charge in [-0.2, -0.15) is 0 Å². The van der Waals surface area contributed by atoms with Gasteiger partial charge in [-0.05, 0) is 8.88 Å². The molecule has 0 radical (unpaired) electrons. The first-order valence-corrected chi connectivity index (χ1v) is 5.86. The summed E-state index contributed by atoms with van der Waals surface area (Å²) in [5.74, 6) is 0. The van der Waals surface area contributed by atoms with Crippen molar-refractivity contribution in [3.8, 4) is 0 Å². The molecule has 0 aromatic carbocycles. The molecule has 0 spiro atoms. The second-order valence-corrected chi connectivity index (χ2v) is 3.97. The fourth-order valence-corrected chi connectivity index (χ4v) is 1.35. The summed E-state index contributed by atoms with van der Waals surface area (Å²) < 4.78 is 23.2. The first-order chi connectivity index (χ1) is 5.33. The summed E-state index contributed by atoms with van der Waals surface area (Å²) in [6.07, 6.45) is 0. The van der Waals surface area contributed by atoms with Crippen LogP contribution in [0.3, 0.4) is 0 Å². The molecular formula is C3H11O7P2Ti+. The van der Waals surface area contributed by atoms with Gasteiger partial charge in [0.2, 0.25) is 0 Å². The summed E-state index contributed by atoms with van der Waals surface area (Å²) in [6, 6.07) is 0. The van der Waals surface area contributed by atoms with E-state index in [1.165, 1.54) is 0 Å². The summed E-state index contributed by atoms with van der Waals surface area (Å²) in [4.78, 5) is 15.8. The van der Waals surface area contributed by atoms with Crippen LogP contribution in [0.1, 0.15) is 0 Å². The smallest absolute Gasteiger partial charge is 0.394 e. The Morgan fingerprint density at radius 2 is 1.62 bits per heavy atom. The molecule has 0 saturated carbocycles. The maximum atomic E-state index is 9.89. The third kappa shape index (κ3) is 32.2. The topological polar surface area (TPSA) is 124 Å². The van der Waals surface area contributed by atoms with Crippen LogP contribution in [0.2, 0.25) is 0 Å². The van der Waals surface area contributed by atoms with Crippen molar-refractivity contribution in [2.75, 3.05) is 19.9 Å². The predicted molar refractivity (Wildman–Crippen MR) is 40.8 cm³/mol. The predicted octanol–water partition coefficient (Wildman–Crippen LogP) is -0.564. The Morgan fingerprint density at radius 1 is 1.31 bits per heavy atom. The third-order valence-corrected chi connectivity index (χ3v) is 2.09.